The minimum Gasteiger partial charge on any atom is -0.317 e. The van der Waals surface area contributed by atoms with Gasteiger partial charge < -0.3 is 5.32 Å². The van der Waals surface area contributed by atoms with E-state index in [9.17, 15) is 0 Å². The first kappa shape index (κ1) is 9.96. The molecule has 0 aliphatic heterocycles. The summed E-state index contributed by atoms with van der Waals surface area (Å²) in [5, 5.41) is 3.34. The van der Waals surface area contributed by atoms with Gasteiger partial charge in [-0.1, -0.05) is 27.2 Å². The smallest absolute Gasteiger partial charge is 0.00870 e. The van der Waals surface area contributed by atoms with E-state index in [0.717, 1.165) is 12.0 Å². The van der Waals surface area contributed by atoms with Crippen molar-refractivity contribution in [2.24, 2.45) is 5.92 Å². The lowest BCUT2D eigenvalue weighted by Crippen LogP contribution is -2.31. The first-order chi connectivity index (χ1) is 4.76. The summed E-state index contributed by atoms with van der Waals surface area (Å²) >= 11 is 0. The van der Waals surface area contributed by atoms with Crippen LogP contribution in [0.5, 0.6) is 0 Å². The first-order valence-corrected chi connectivity index (χ1v) is 4.43. The number of rotatable bonds is 5. The quantitative estimate of drug-likeness (QED) is 0.623. The summed E-state index contributed by atoms with van der Waals surface area (Å²) in [7, 11) is 2.06. The van der Waals surface area contributed by atoms with E-state index in [2.05, 4.69) is 33.1 Å². The van der Waals surface area contributed by atoms with Gasteiger partial charge in [0.05, 0.1) is 0 Å². The highest BCUT2D eigenvalue weighted by Crippen LogP contribution is 2.12. The third-order valence-electron chi connectivity index (χ3n) is 2.24. The van der Waals surface area contributed by atoms with Crippen LogP contribution in [0.25, 0.3) is 0 Å². The van der Waals surface area contributed by atoms with Crippen LogP contribution in [-0.4, -0.2) is 13.1 Å². The fourth-order valence-corrected chi connectivity index (χ4v) is 1.55. The average Bonchev–Trinajstić information content (AvgIpc) is 1.91. The maximum absolute atomic E-state index is 3.34. The Morgan fingerprint density at radius 2 is 1.90 bits per heavy atom. The molecule has 0 aliphatic rings. The zero-order valence-electron chi connectivity index (χ0n) is 7.78. The Bertz CT molecular complexity index is 67.1. The lowest BCUT2D eigenvalue weighted by molar-refractivity contribution is 0.365. The second-order valence-electron chi connectivity index (χ2n) is 3.07. The highest BCUT2D eigenvalue weighted by atomic mass is 14.9. The van der Waals surface area contributed by atoms with Crippen LogP contribution in [0.2, 0.25) is 0 Å². The molecule has 0 fully saturated rings. The van der Waals surface area contributed by atoms with Crippen molar-refractivity contribution in [2.75, 3.05) is 7.05 Å². The van der Waals surface area contributed by atoms with Crippen molar-refractivity contribution in [3.05, 3.63) is 0 Å². The Balaban J connectivity index is 3.53. The zero-order chi connectivity index (χ0) is 7.98. The topological polar surface area (TPSA) is 12.0 Å². The summed E-state index contributed by atoms with van der Waals surface area (Å²) in [6, 6.07) is 0.722. The molecule has 0 aromatic carbocycles. The molecule has 2 unspecified atom stereocenters. The van der Waals surface area contributed by atoms with E-state index in [0.29, 0.717) is 0 Å². The summed E-state index contributed by atoms with van der Waals surface area (Å²) in [5.41, 5.74) is 0. The van der Waals surface area contributed by atoms with Gasteiger partial charge in [-0.2, -0.15) is 0 Å². The fraction of sp³-hybridized carbons (Fsp3) is 1.00. The summed E-state index contributed by atoms with van der Waals surface area (Å²) in [5.74, 6) is 0.833. The molecule has 2 atom stereocenters. The summed E-state index contributed by atoms with van der Waals surface area (Å²) in [4.78, 5) is 0. The Morgan fingerprint density at radius 1 is 1.30 bits per heavy atom. The molecule has 0 spiro atoms. The highest BCUT2D eigenvalue weighted by Gasteiger charge is 2.10. The minimum atomic E-state index is 0.722. The van der Waals surface area contributed by atoms with Gasteiger partial charge in [0, 0.05) is 6.04 Å². The molecule has 0 radical (unpaired) electrons. The molecule has 0 heterocycles. The first-order valence-electron chi connectivity index (χ1n) is 4.43. The van der Waals surface area contributed by atoms with E-state index in [4.69, 9.17) is 0 Å². The van der Waals surface area contributed by atoms with Crippen LogP contribution >= 0.6 is 0 Å². The summed E-state index contributed by atoms with van der Waals surface area (Å²) in [6.07, 6.45) is 3.90. The molecule has 10 heavy (non-hydrogen) atoms. The van der Waals surface area contributed by atoms with Crippen molar-refractivity contribution in [2.45, 2.75) is 46.1 Å². The zero-order valence-corrected chi connectivity index (χ0v) is 7.78. The lowest BCUT2D eigenvalue weighted by Gasteiger charge is -2.21. The van der Waals surface area contributed by atoms with Gasteiger partial charge in [0.15, 0.2) is 0 Å². The van der Waals surface area contributed by atoms with Crippen LogP contribution in [-0.2, 0) is 0 Å². The third-order valence-corrected chi connectivity index (χ3v) is 2.24. The van der Waals surface area contributed by atoms with E-state index in [1.807, 2.05) is 0 Å². The second kappa shape index (κ2) is 5.72. The number of hydrogen-bond acceptors (Lipinski definition) is 1. The van der Waals surface area contributed by atoms with E-state index in [1.165, 1.54) is 19.3 Å². The maximum Gasteiger partial charge on any atom is 0.00870 e. The number of nitrogens with one attached hydrogen (secondary N) is 1. The molecule has 0 aliphatic carbocycles. The number of hydrogen-bond donors (Lipinski definition) is 1. The molecular weight excluding hydrogens is 122 g/mol. The Labute approximate surface area is 65.2 Å². The molecule has 0 aromatic rings. The van der Waals surface area contributed by atoms with Crippen molar-refractivity contribution < 1.29 is 0 Å². The molecule has 1 N–H and O–H groups in total. The monoisotopic (exact) mass is 143 g/mol. The normalized spacial score (nSPS) is 16.8. The molecule has 0 aromatic heterocycles. The lowest BCUT2D eigenvalue weighted by atomic mass is 9.95. The van der Waals surface area contributed by atoms with Crippen LogP contribution in [0.1, 0.15) is 40.0 Å². The van der Waals surface area contributed by atoms with Crippen molar-refractivity contribution in [3.8, 4) is 0 Å². The molecule has 0 saturated heterocycles. The van der Waals surface area contributed by atoms with Crippen LogP contribution in [0, 0.1) is 5.92 Å². The molecule has 0 saturated carbocycles. The predicted octanol–water partition coefficient (Wildman–Crippen LogP) is 2.42. The van der Waals surface area contributed by atoms with Gasteiger partial charge in [-0.3, -0.25) is 0 Å². The molecule has 62 valence electrons. The van der Waals surface area contributed by atoms with Crippen molar-refractivity contribution in [1.82, 2.24) is 5.32 Å². The predicted molar refractivity (Wildman–Crippen MR) is 47.2 cm³/mol. The molecule has 0 bridgehead atoms. The van der Waals surface area contributed by atoms with Gasteiger partial charge in [-0.15, -0.1) is 0 Å². The van der Waals surface area contributed by atoms with Crippen molar-refractivity contribution >= 4 is 0 Å². The van der Waals surface area contributed by atoms with Crippen LogP contribution in [0.3, 0.4) is 0 Å². The Hall–Kier alpha value is -0.0400. The van der Waals surface area contributed by atoms with Gasteiger partial charge in [0.2, 0.25) is 0 Å². The Morgan fingerprint density at radius 3 is 2.20 bits per heavy atom. The second-order valence-corrected chi connectivity index (χ2v) is 3.07. The average molecular weight is 143 g/mol. The maximum atomic E-state index is 3.34. The molecule has 1 heteroatoms. The van der Waals surface area contributed by atoms with Gasteiger partial charge in [-0.05, 0) is 25.8 Å². The standard InChI is InChI=1S/C9H21N/c1-5-7-8(3)9(6-2)10-4/h8-10H,5-7H2,1-4H3. The third kappa shape index (κ3) is 3.21. The van der Waals surface area contributed by atoms with Crippen LogP contribution < -0.4 is 5.32 Å². The van der Waals surface area contributed by atoms with Gasteiger partial charge in [0.25, 0.3) is 0 Å². The van der Waals surface area contributed by atoms with Crippen LogP contribution in [0.15, 0.2) is 0 Å². The molecule has 0 amide bonds. The van der Waals surface area contributed by atoms with Gasteiger partial charge >= 0.3 is 0 Å². The summed E-state index contributed by atoms with van der Waals surface area (Å²) in [6.45, 7) is 6.82. The molecule has 0 rings (SSSR count). The summed E-state index contributed by atoms with van der Waals surface area (Å²) < 4.78 is 0. The van der Waals surface area contributed by atoms with E-state index in [-0.39, 0.29) is 0 Å². The minimum absolute atomic E-state index is 0.722. The van der Waals surface area contributed by atoms with E-state index >= 15 is 0 Å². The molecular formula is C9H21N. The van der Waals surface area contributed by atoms with Crippen molar-refractivity contribution in [3.63, 3.8) is 0 Å². The highest BCUT2D eigenvalue weighted by molar-refractivity contribution is 4.68. The molecule has 1 nitrogen and oxygen atoms in total. The largest absolute Gasteiger partial charge is 0.317 e. The SMILES string of the molecule is CCCC(C)C(CC)NC. The van der Waals surface area contributed by atoms with Crippen molar-refractivity contribution in [1.29, 1.82) is 0 Å². The fourth-order valence-electron chi connectivity index (χ4n) is 1.55. The Kier molecular flexibility index (Phi) is 5.70. The van der Waals surface area contributed by atoms with Crippen LogP contribution in [0.4, 0.5) is 0 Å². The van der Waals surface area contributed by atoms with Gasteiger partial charge in [0.1, 0.15) is 0 Å². The van der Waals surface area contributed by atoms with E-state index in [1.54, 1.807) is 0 Å². The van der Waals surface area contributed by atoms with E-state index < -0.39 is 0 Å². The van der Waals surface area contributed by atoms with Gasteiger partial charge in [-0.25, -0.2) is 0 Å².